The van der Waals surface area contributed by atoms with Crippen LogP contribution in [0.15, 0.2) is 0 Å². The predicted molar refractivity (Wildman–Crippen MR) is 62.5 cm³/mol. The van der Waals surface area contributed by atoms with Crippen molar-refractivity contribution in [2.45, 2.75) is 12.5 Å². The minimum absolute atomic E-state index is 0.531. The van der Waals surface area contributed by atoms with Gasteiger partial charge in [-0.05, 0) is 31.3 Å². The van der Waals surface area contributed by atoms with Crippen molar-refractivity contribution >= 4 is 37.8 Å². The molecular formula is C4H21NOSi4. The summed E-state index contributed by atoms with van der Waals surface area (Å²) in [5.74, 6) is 0. The molecule has 64 valence electrons. The van der Waals surface area contributed by atoms with Gasteiger partial charge in [-0.3, -0.25) is 0 Å². The predicted octanol–water partition coefficient (Wildman–Crippen LogP) is -3.80. The minimum Gasteiger partial charge on any atom is -0.431 e. The lowest BCUT2D eigenvalue weighted by Gasteiger charge is -1.89. The second-order valence-corrected chi connectivity index (χ2v) is 19.6. The van der Waals surface area contributed by atoms with Crippen LogP contribution in [0.2, 0.25) is 6.04 Å². The molecule has 0 aromatic carbocycles. The Morgan fingerprint density at radius 3 is 2.40 bits per heavy atom. The molecule has 0 spiro atoms. The van der Waals surface area contributed by atoms with E-state index in [9.17, 15) is 0 Å². The van der Waals surface area contributed by atoms with Crippen molar-refractivity contribution in [3.63, 3.8) is 0 Å². The summed E-state index contributed by atoms with van der Waals surface area (Å²) >= 11 is 0. The van der Waals surface area contributed by atoms with Crippen LogP contribution in [0.1, 0.15) is 6.42 Å². The van der Waals surface area contributed by atoms with Gasteiger partial charge in [-0.25, -0.2) is 0 Å². The van der Waals surface area contributed by atoms with E-state index < -0.39 is 0 Å². The van der Waals surface area contributed by atoms with Crippen molar-refractivity contribution in [2.75, 3.05) is 13.7 Å². The smallest absolute Gasteiger partial charge is 0.145 e. The van der Waals surface area contributed by atoms with E-state index in [0.29, 0.717) is 17.6 Å². The first-order chi connectivity index (χ1) is 4.83. The van der Waals surface area contributed by atoms with Gasteiger partial charge < -0.3 is 10.2 Å². The summed E-state index contributed by atoms with van der Waals surface area (Å²) in [5, 5.41) is 0. The van der Waals surface area contributed by atoms with E-state index in [1.54, 1.807) is 22.9 Å². The lowest BCUT2D eigenvalue weighted by molar-refractivity contribution is 0.460. The third-order valence-electron chi connectivity index (χ3n) is 1.06. The van der Waals surface area contributed by atoms with Gasteiger partial charge in [0.2, 0.25) is 0 Å². The highest BCUT2D eigenvalue weighted by molar-refractivity contribution is 7.23. The molecule has 0 radical (unpaired) electrons. The van der Waals surface area contributed by atoms with E-state index in [2.05, 4.69) is 4.43 Å². The molecule has 0 aliphatic carbocycles. The summed E-state index contributed by atoms with van der Waals surface area (Å²) in [6.07, 6.45) is 1.32. The van der Waals surface area contributed by atoms with Crippen LogP contribution in [-0.2, 0) is 4.43 Å². The fourth-order valence-electron chi connectivity index (χ4n) is 0.571. The molecule has 0 bridgehead atoms. The summed E-state index contributed by atoms with van der Waals surface area (Å²) in [6, 6.07) is 1.55. The van der Waals surface area contributed by atoms with Crippen LogP contribution >= 0.6 is 0 Å². The number of hydrogen-bond acceptors (Lipinski definition) is 2. The van der Waals surface area contributed by atoms with Crippen molar-refractivity contribution in [3.05, 3.63) is 0 Å². The summed E-state index contributed by atoms with van der Waals surface area (Å²) in [6.45, 7) is 0.933. The van der Waals surface area contributed by atoms with Crippen molar-refractivity contribution < 1.29 is 4.43 Å². The van der Waals surface area contributed by atoms with E-state index >= 15 is 0 Å². The Bertz CT molecular complexity index is 44.2. The molecule has 0 aliphatic rings. The van der Waals surface area contributed by atoms with E-state index in [0.717, 1.165) is 17.0 Å². The Labute approximate surface area is 74.5 Å². The molecule has 0 heterocycles. The van der Waals surface area contributed by atoms with Crippen LogP contribution < -0.4 is 5.73 Å². The molecule has 10 heavy (non-hydrogen) atoms. The molecule has 0 saturated heterocycles. The highest BCUT2D eigenvalue weighted by Crippen LogP contribution is 1.80. The molecule has 0 aromatic rings. The normalized spacial score (nSPS) is 11.4. The van der Waals surface area contributed by atoms with Crippen LogP contribution in [0, 0.1) is 0 Å². The molecular weight excluding hydrogens is 190 g/mol. The summed E-state index contributed by atoms with van der Waals surface area (Å²) < 4.78 is 4.39. The minimum atomic E-state index is 0.531. The molecule has 0 aliphatic heterocycles. The maximum atomic E-state index is 5.32. The summed E-state index contributed by atoms with van der Waals surface area (Å²) in [5.41, 5.74) is 5.32. The molecule has 0 rings (SSSR count). The van der Waals surface area contributed by atoms with Crippen LogP contribution in [0.25, 0.3) is 0 Å². The number of nitrogens with two attached hydrogens (primary N) is 1. The maximum Gasteiger partial charge on any atom is 0.145 e. The van der Waals surface area contributed by atoms with E-state index in [1.165, 1.54) is 6.42 Å². The second kappa shape index (κ2) is 16.4. The molecule has 6 heteroatoms. The first-order valence-corrected chi connectivity index (χ1v) is 15.4. The van der Waals surface area contributed by atoms with Crippen molar-refractivity contribution in [3.8, 4) is 0 Å². The highest BCUT2D eigenvalue weighted by atomic mass is 29.5. The lowest BCUT2D eigenvalue weighted by atomic mass is 10.5. The van der Waals surface area contributed by atoms with Crippen LogP contribution in [0.4, 0.5) is 0 Å². The molecule has 0 atom stereocenters. The topological polar surface area (TPSA) is 35.2 Å². The monoisotopic (exact) mass is 211 g/mol. The first-order valence-electron chi connectivity index (χ1n) is 3.93. The highest BCUT2D eigenvalue weighted by Gasteiger charge is 1.82. The van der Waals surface area contributed by atoms with Crippen LogP contribution in [-0.4, -0.2) is 51.5 Å². The average molecular weight is 212 g/mol. The van der Waals surface area contributed by atoms with Gasteiger partial charge in [0.1, 0.15) is 10.5 Å². The Hall–Kier alpha value is 0.788. The van der Waals surface area contributed by atoms with Gasteiger partial charge in [-0.1, -0.05) is 6.04 Å². The largest absolute Gasteiger partial charge is 0.431 e. The molecule has 2 nitrogen and oxygen atoms in total. The summed E-state index contributed by atoms with van der Waals surface area (Å²) in [4.78, 5) is 0. The van der Waals surface area contributed by atoms with Gasteiger partial charge >= 0.3 is 0 Å². The third kappa shape index (κ3) is 23.3. The van der Waals surface area contributed by atoms with Crippen molar-refractivity contribution in [1.29, 1.82) is 0 Å². The lowest BCUT2D eigenvalue weighted by Crippen LogP contribution is -2.05. The molecule has 0 fully saturated rings. The standard InChI is InChI=1S/C3H15NSi3.CH6OSi/c4-2-1-3-6-7-5;1-2-3/h1-4,6-7H2,5H3;1,3H3. The number of rotatable bonds is 4. The maximum absolute atomic E-state index is 5.32. The Balaban J connectivity index is 0. The van der Waals surface area contributed by atoms with Gasteiger partial charge in [-0.2, -0.15) is 0 Å². The van der Waals surface area contributed by atoms with Crippen LogP contribution in [0.5, 0.6) is 0 Å². The zero-order valence-corrected chi connectivity index (χ0v) is 14.3. The Morgan fingerprint density at radius 1 is 1.60 bits per heavy atom. The third-order valence-corrected chi connectivity index (χ3v) is 12.8. The first kappa shape index (κ1) is 13.4. The van der Waals surface area contributed by atoms with Gasteiger partial charge in [-0.15, -0.1) is 0 Å². The zero-order valence-electron chi connectivity index (χ0n) is 7.52. The fraction of sp³-hybridized carbons (Fsp3) is 1.00. The average Bonchev–Trinajstić information content (AvgIpc) is 1.91. The van der Waals surface area contributed by atoms with Gasteiger partial charge in [0.05, 0.1) is 0 Å². The van der Waals surface area contributed by atoms with Gasteiger partial charge in [0.15, 0.2) is 0 Å². The van der Waals surface area contributed by atoms with Gasteiger partial charge in [0.25, 0.3) is 0 Å². The quantitative estimate of drug-likeness (QED) is 0.383. The van der Waals surface area contributed by atoms with Crippen LogP contribution in [0.3, 0.4) is 0 Å². The molecule has 0 aromatic heterocycles. The number of hydrogen-bond donors (Lipinski definition) is 1. The van der Waals surface area contributed by atoms with Crippen molar-refractivity contribution in [2.24, 2.45) is 5.73 Å². The van der Waals surface area contributed by atoms with Gasteiger partial charge in [0, 0.05) is 16.1 Å². The van der Waals surface area contributed by atoms with E-state index in [1.807, 2.05) is 0 Å². The Kier molecular flexibility index (Phi) is 22.0. The van der Waals surface area contributed by atoms with E-state index in [-0.39, 0.29) is 0 Å². The summed E-state index contributed by atoms with van der Waals surface area (Å²) in [7, 11) is 5.27. The molecule has 0 unspecified atom stereocenters. The molecule has 0 amide bonds. The zero-order chi connectivity index (χ0) is 8.24. The molecule has 2 N–H and O–H groups in total. The molecule has 0 saturated carbocycles. The SMILES string of the molecule is CO[SiH3].NCCC[SiH2][SiH2][SiH3]. The van der Waals surface area contributed by atoms with Crippen molar-refractivity contribution in [1.82, 2.24) is 0 Å². The van der Waals surface area contributed by atoms with E-state index in [4.69, 9.17) is 5.73 Å². The fourth-order valence-corrected chi connectivity index (χ4v) is 8.77. The second-order valence-electron chi connectivity index (χ2n) is 2.26. The Morgan fingerprint density at radius 2 is 2.10 bits per heavy atom.